The van der Waals surface area contributed by atoms with Crippen LogP contribution in [0.2, 0.25) is 0 Å². The maximum Gasteiger partial charge on any atom is 0.123 e. The van der Waals surface area contributed by atoms with Crippen LogP contribution < -0.4 is 0 Å². The van der Waals surface area contributed by atoms with Gasteiger partial charge >= 0.3 is 0 Å². The molecular weight excluding hydrogens is 269 g/mol. The first-order valence-corrected chi connectivity index (χ1v) is 7.34. The molecule has 0 aliphatic carbocycles. The molecule has 0 saturated carbocycles. The van der Waals surface area contributed by atoms with Crippen LogP contribution in [0.3, 0.4) is 0 Å². The number of benzene rings is 1. The van der Waals surface area contributed by atoms with Gasteiger partial charge < -0.3 is 5.11 Å². The molecule has 112 valence electrons. The number of hydrogen-bond donors (Lipinski definition) is 1. The minimum absolute atomic E-state index is 0.130. The molecule has 1 aliphatic heterocycles. The molecule has 5 heteroatoms. The summed E-state index contributed by atoms with van der Waals surface area (Å²) in [7, 11) is 0. The van der Waals surface area contributed by atoms with Crippen molar-refractivity contribution in [3.63, 3.8) is 0 Å². The van der Waals surface area contributed by atoms with Gasteiger partial charge in [-0.15, -0.1) is 0 Å². The van der Waals surface area contributed by atoms with Crippen molar-refractivity contribution in [2.24, 2.45) is 0 Å². The number of aliphatic hydroxyl groups is 1. The second kappa shape index (κ2) is 5.95. The fourth-order valence-corrected chi connectivity index (χ4v) is 2.98. The van der Waals surface area contributed by atoms with E-state index in [1.807, 2.05) is 17.1 Å². The van der Waals surface area contributed by atoms with Gasteiger partial charge in [-0.2, -0.15) is 5.10 Å². The van der Waals surface area contributed by atoms with Gasteiger partial charge in [-0.1, -0.05) is 12.1 Å². The lowest BCUT2D eigenvalue weighted by molar-refractivity contribution is 0.172. The summed E-state index contributed by atoms with van der Waals surface area (Å²) in [5.74, 6) is -0.229. The number of hydrogen-bond acceptors (Lipinski definition) is 3. The summed E-state index contributed by atoms with van der Waals surface area (Å²) in [5.41, 5.74) is 2.19. The lowest BCUT2D eigenvalue weighted by Gasteiger charge is -2.23. The van der Waals surface area contributed by atoms with Crippen molar-refractivity contribution in [2.75, 3.05) is 6.54 Å². The average molecular weight is 289 g/mol. The molecule has 0 bridgehead atoms. The third-order valence-electron chi connectivity index (χ3n) is 4.03. The second-order valence-electron chi connectivity index (χ2n) is 5.59. The van der Waals surface area contributed by atoms with E-state index in [2.05, 4.69) is 16.9 Å². The zero-order valence-corrected chi connectivity index (χ0v) is 12.1. The molecule has 21 heavy (non-hydrogen) atoms. The minimum Gasteiger partial charge on any atom is -0.392 e. The number of aryl methyl sites for hydroxylation is 1. The Morgan fingerprint density at radius 2 is 2.10 bits per heavy atom. The molecule has 0 radical (unpaired) electrons. The lowest BCUT2D eigenvalue weighted by atomic mass is 10.0. The van der Waals surface area contributed by atoms with Crippen molar-refractivity contribution >= 4 is 0 Å². The predicted molar refractivity (Wildman–Crippen MR) is 78.1 cm³/mol. The maximum absolute atomic E-state index is 13.1. The van der Waals surface area contributed by atoms with Crippen LogP contribution in [-0.4, -0.2) is 32.4 Å². The molecule has 1 aromatic heterocycles. The minimum atomic E-state index is -0.332. The number of aliphatic hydroxyl groups excluding tert-OH is 1. The smallest absolute Gasteiger partial charge is 0.123 e. The maximum atomic E-state index is 13.1. The summed E-state index contributed by atoms with van der Waals surface area (Å²) in [6, 6.07) is 6.70. The normalized spacial score (nSPS) is 22.8. The Bertz CT molecular complexity index is 596. The Labute approximate surface area is 123 Å². The highest BCUT2D eigenvalue weighted by atomic mass is 19.1. The van der Waals surface area contributed by atoms with Crippen LogP contribution in [0.1, 0.15) is 30.5 Å². The van der Waals surface area contributed by atoms with Crippen molar-refractivity contribution in [3.8, 4) is 0 Å². The molecule has 2 unspecified atom stereocenters. The summed E-state index contributed by atoms with van der Waals surface area (Å²) in [6.07, 6.45) is 4.26. The van der Waals surface area contributed by atoms with Crippen molar-refractivity contribution in [1.82, 2.24) is 14.7 Å². The van der Waals surface area contributed by atoms with Gasteiger partial charge in [0.25, 0.3) is 0 Å². The van der Waals surface area contributed by atoms with Crippen LogP contribution >= 0.6 is 0 Å². The highest BCUT2D eigenvalue weighted by molar-refractivity contribution is 5.22. The van der Waals surface area contributed by atoms with E-state index in [1.165, 1.54) is 12.1 Å². The van der Waals surface area contributed by atoms with E-state index in [-0.39, 0.29) is 18.0 Å². The van der Waals surface area contributed by atoms with Crippen molar-refractivity contribution in [1.29, 1.82) is 0 Å². The van der Waals surface area contributed by atoms with Crippen LogP contribution in [0, 0.1) is 5.82 Å². The number of rotatable bonds is 4. The summed E-state index contributed by atoms with van der Waals surface area (Å²) >= 11 is 0. The monoisotopic (exact) mass is 289 g/mol. The number of aromatic nitrogens is 2. The number of β-amino-alcohol motifs (C(OH)–C–C–N with tert-alkyl or cyclic N) is 1. The van der Waals surface area contributed by atoms with Crippen molar-refractivity contribution < 1.29 is 9.50 Å². The van der Waals surface area contributed by atoms with E-state index in [0.717, 1.165) is 24.2 Å². The van der Waals surface area contributed by atoms with Crippen LogP contribution in [0.15, 0.2) is 36.7 Å². The van der Waals surface area contributed by atoms with Gasteiger partial charge in [-0.3, -0.25) is 9.58 Å². The van der Waals surface area contributed by atoms with E-state index in [0.29, 0.717) is 13.0 Å². The molecule has 1 aliphatic rings. The Balaban J connectivity index is 1.77. The summed E-state index contributed by atoms with van der Waals surface area (Å²) in [6.45, 7) is 4.29. The van der Waals surface area contributed by atoms with Crippen molar-refractivity contribution in [2.45, 2.75) is 38.6 Å². The molecule has 2 aromatic rings. The number of halogens is 1. The van der Waals surface area contributed by atoms with E-state index in [1.54, 1.807) is 12.1 Å². The summed E-state index contributed by atoms with van der Waals surface area (Å²) in [5, 5.41) is 14.3. The molecule has 1 aromatic carbocycles. The Morgan fingerprint density at radius 1 is 1.33 bits per heavy atom. The topological polar surface area (TPSA) is 41.3 Å². The molecule has 2 atom stereocenters. The first kappa shape index (κ1) is 14.2. The molecule has 1 fully saturated rings. The average Bonchev–Trinajstić information content (AvgIpc) is 3.07. The molecule has 4 nitrogen and oxygen atoms in total. The first-order chi connectivity index (χ1) is 10.2. The van der Waals surface area contributed by atoms with E-state index < -0.39 is 0 Å². The van der Waals surface area contributed by atoms with Gasteiger partial charge in [0.05, 0.1) is 12.3 Å². The van der Waals surface area contributed by atoms with Crippen LogP contribution in [0.25, 0.3) is 0 Å². The molecule has 0 spiro atoms. The van der Waals surface area contributed by atoms with E-state index in [9.17, 15) is 9.50 Å². The highest BCUT2D eigenvalue weighted by Crippen LogP contribution is 2.33. The van der Waals surface area contributed by atoms with Crippen LogP contribution in [-0.2, 0) is 13.1 Å². The van der Waals surface area contributed by atoms with Crippen molar-refractivity contribution in [3.05, 3.63) is 53.6 Å². The standard InChI is InChI=1S/C16H20FN3O/c1-2-20-10-12(8-18-20)9-19-11-15(21)7-16(19)13-3-5-14(17)6-4-13/h3-6,8,10,15-16,21H,2,7,9,11H2,1H3. The summed E-state index contributed by atoms with van der Waals surface area (Å²) in [4.78, 5) is 2.23. The quantitative estimate of drug-likeness (QED) is 0.939. The Hall–Kier alpha value is -1.72. The third-order valence-corrected chi connectivity index (χ3v) is 4.03. The second-order valence-corrected chi connectivity index (χ2v) is 5.59. The molecule has 0 amide bonds. The molecule has 2 heterocycles. The van der Waals surface area contributed by atoms with Gasteiger partial charge in [0.2, 0.25) is 0 Å². The lowest BCUT2D eigenvalue weighted by Crippen LogP contribution is -2.24. The Morgan fingerprint density at radius 3 is 2.76 bits per heavy atom. The van der Waals surface area contributed by atoms with E-state index >= 15 is 0 Å². The molecular formula is C16H20FN3O. The molecule has 3 rings (SSSR count). The molecule has 1 saturated heterocycles. The fourth-order valence-electron chi connectivity index (χ4n) is 2.98. The predicted octanol–water partition coefficient (Wildman–Crippen LogP) is 2.35. The Kier molecular flexibility index (Phi) is 4.03. The van der Waals surface area contributed by atoms with E-state index in [4.69, 9.17) is 0 Å². The third kappa shape index (κ3) is 3.14. The zero-order chi connectivity index (χ0) is 14.8. The van der Waals surface area contributed by atoms with Gasteiger partial charge in [0.15, 0.2) is 0 Å². The fraction of sp³-hybridized carbons (Fsp3) is 0.438. The first-order valence-electron chi connectivity index (χ1n) is 7.34. The largest absolute Gasteiger partial charge is 0.392 e. The summed E-state index contributed by atoms with van der Waals surface area (Å²) < 4.78 is 15.0. The van der Waals surface area contributed by atoms with Gasteiger partial charge in [-0.05, 0) is 31.0 Å². The highest BCUT2D eigenvalue weighted by Gasteiger charge is 2.32. The molecule has 1 N–H and O–H groups in total. The van der Waals surface area contributed by atoms with Gasteiger partial charge in [0, 0.05) is 37.4 Å². The SMILES string of the molecule is CCn1cc(CN2CC(O)CC2c2ccc(F)cc2)cn1. The number of likely N-dealkylation sites (tertiary alicyclic amines) is 1. The number of nitrogens with zero attached hydrogens (tertiary/aromatic N) is 3. The van der Waals surface area contributed by atoms with Crippen LogP contribution in [0.4, 0.5) is 4.39 Å². The zero-order valence-electron chi connectivity index (χ0n) is 12.1. The van der Waals surface area contributed by atoms with Gasteiger partial charge in [-0.25, -0.2) is 4.39 Å². The van der Waals surface area contributed by atoms with Gasteiger partial charge in [0.1, 0.15) is 5.82 Å². The van der Waals surface area contributed by atoms with Crippen LogP contribution in [0.5, 0.6) is 0 Å².